The van der Waals surface area contributed by atoms with Crippen molar-refractivity contribution in [2.24, 2.45) is 0 Å². The van der Waals surface area contributed by atoms with Crippen molar-refractivity contribution in [3.05, 3.63) is 168 Å². The minimum Gasteiger partial charge on any atom is -1.00 e. The van der Waals surface area contributed by atoms with Gasteiger partial charge < -0.3 is 24.8 Å². The van der Waals surface area contributed by atoms with Gasteiger partial charge in [-0.1, -0.05) is 0 Å². The van der Waals surface area contributed by atoms with Crippen molar-refractivity contribution in [3.8, 4) is 0 Å². The maximum absolute atomic E-state index is 2.62. The Morgan fingerprint density at radius 3 is 1.02 bits per heavy atom. The quantitative estimate of drug-likeness (QED) is 0.165. The van der Waals surface area contributed by atoms with E-state index in [-0.39, 0.29) is 24.8 Å². The van der Waals surface area contributed by atoms with Crippen molar-refractivity contribution in [2.45, 2.75) is 7.35 Å². The van der Waals surface area contributed by atoms with Crippen molar-refractivity contribution in [2.75, 3.05) is 0 Å². The van der Waals surface area contributed by atoms with Gasteiger partial charge >= 0.3 is 278 Å². The summed E-state index contributed by atoms with van der Waals surface area (Å²) in [5, 5.41) is 15.4. The second kappa shape index (κ2) is 12.4. The van der Waals surface area contributed by atoms with E-state index < -0.39 is 38.0 Å². The normalized spacial score (nSPS) is 16.3. The zero-order valence-electron chi connectivity index (χ0n) is 25.3. The molecule has 0 spiro atoms. The molecule has 2 unspecified atom stereocenters. The summed E-state index contributed by atoms with van der Waals surface area (Å²) >= 11 is -1.45. The van der Waals surface area contributed by atoms with Gasteiger partial charge in [0.1, 0.15) is 0 Å². The number of allylic oxidation sites excluding steroid dienone is 2. The molecule has 8 aromatic rings. The second-order valence-corrected chi connectivity index (χ2v) is 21.8. The molecule has 47 heavy (non-hydrogen) atoms. The first-order valence-electron chi connectivity index (χ1n) is 15.7. The van der Waals surface area contributed by atoms with Crippen LogP contribution in [0, 0.1) is 0 Å². The number of hydrogen-bond acceptors (Lipinski definition) is 0. The summed E-state index contributed by atoms with van der Waals surface area (Å²) < 4.78 is 1.13. The van der Waals surface area contributed by atoms with Crippen molar-refractivity contribution in [1.29, 1.82) is 0 Å². The molecule has 0 nitrogen and oxygen atoms in total. The number of fused-ring (bicyclic) bond motifs is 8. The summed E-state index contributed by atoms with van der Waals surface area (Å²) in [6.45, 7) is 0. The summed E-state index contributed by atoms with van der Waals surface area (Å²) in [5.41, 5.74) is 6.08. The summed E-state index contributed by atoms with van der Waals surface area (Å²) in [7, 11) is -1.13. The van der Waals surface area contributed by atoms with Crippen LogP contribution < -0.4 is 24.8 Å². The first kappa shape index (κ1) is 31.1. The van der Waals surface area contributed by atoms with Crippen LogP contribution >= 0.6 is 15.1 Å². The predicted molar refractivity (Wildman–Crippen MR) is 195 cm³/mol. The first-order chi connectivity index (χ1) is 22.3. The van der Waals surface area contributed by atoms with Crippen LogP contribution in [-0.2, 0) is 22.9 Å². The SMILES string of the molecule is C1=C(p2c3ccccc3c3ccccc32)[CH]([Hf+2][CH]2C(p3c4ccccc4c4ccccc43)=Cc3ccccc32)c2ccccc21.[Cl-].[Cl-]. The Morgan fingerprint density at radius 1 is 0.362 bits per heavy atom. The Morgan fingerprint density at radius 2 is 0.660 bits per heavy atom. The van der Waals surface area contributed by atoms with Crippen molar-refractivity contribution in [1.82, 2.24) is 0 Å². The third-order valence-corrected chi connectivity index (χ3v) is 23.7. The van der Waals surface area contributed by atoms with Gasteiger partial charge in [0.05, 0.1) is 0 Å². The van der Waals surface area contributed by atoms with E-state index in [9.17, 15) is 0 Å². The van der Waals surface area contributed by atoms with Gasteiger partial charge in [-0.25, -0.2) is 0 Å². The molecular weight excluding hydrogens is 816 g/mol. The molecule has 0 aliphatic heterocycles. The van der Waals surface area contributed by atoms with E-state index in [4.69, 9.17) is 0 Å². The largest absolute Gasteiger partial charge is 1.00 e. The Labute approximate surface area is 300 Å². The smallest absolute Gasteiger partial charge is 1.00 e. The van der Waals surface area contributed by atoms with E-state index in [0.717, 1.165) is 0 Å². The number of rotatable bonds is 4. The molecule has 2 aliphatic carbocycles. The molecule has 0 fully saturated rings. The fourth-order valence-electron chi connectivity index (χ4n) is 7.92. The van der Waals surface area contributed by atoms with Gasteiger partial charge in [-0.05, 0) is 0 Å². The van der Waals surface area contributed by atoms with Crippen molar-refractivity contribution in [3.63, 3.8) is 0 Å². The van der Waals surface area contributed by atoms with E-state index in [1.54, 1.807) is 42.2 Å². The molecule has 0 amide bonds. The fraction of sp³-hybridized carbons (Fsp3) is 0.0476. The molecule has 2 heterocycles. The maximum atomic E-state index is 2.62. The average Bonchev–Trinajstić information content (AvgIpc) is 3.83. The van der Waals surface area contributed by atoms with Crippen LogP contribution in [0.3, 0.4) is 0 Å². The van der Waals surface area contributed by atoms with Crippen LogP contribution in [0.25, 0.3) is 64.8 Å². The molecule has 0 saturated carbocycles. The Kier molecular flexibility index (Phi) is 8.20. The van der Waals surface area contributed by atoms with E-state index in [2.05, 4.69) is 158 Å². The van der Waals surface area contributed by atoms with Crippen LogP contribution in [0.2, 0.25) is 0 Å². The maximum Gasteiger partial charge on any atom is -1.00 e. The average molecular weight is 844 g/mol. The third kappa shape index (κ3) is 4.74. The zero-order chi connectivity index (χ0) is 29.5. The zero-order valence-corrected chi connectivity index (χ0v) is 32.2. The van der Waals surface area contributed by atoms with Gasteiger partial charge in [-0.3, -0.25) is 0 Å². The van der Waals surface area contributed by atoms with E-state index in [1.807, 2.05) is 0 Å². The summed E-state index contributed by atoms with van der Waals surface area (Å²) in [6, 6.07) is 55.6. The second-order valence-electron chi connectivity index (χ2n) is 12.2. The van der Waals surface area contributed by atoms with E-state index >= 15 is 0 Å². The Bertz CT molecular complexity index is 2270. The van der Waals surface area contributed by atoms with Crippen molar-refractivity contribution < 1.29 is 47.7 Å². The summed E-state index contributed by atoms with van der Waals surface area (Å²) in [5.74, 6) is 0. The summed E-state index contributed by atoms with van der Waals surface area (Å²) in [4.78, 5) is 0. The fourth-order valence-corrected chi connectivity index (χ4v) is 23.8. The van der Waals surface area contributed by atoms with Crippen molar-refractivity contribution >= 4 is 79.9 Å². The molecule has 2 aromatic heterocycles. The van der Waals surface area contributed by atoms with E-state index in [1.165, 1.54) is 32.7 Å². The molecule has 0 bridgehead atoms. The minimum atomic E-state index is -1.45. The third-order valence-electron chi connectivity index (χ3n) is 9.82. The molecule has 0 N–H and O–H groups in total. The standard InChI is InChI=1S/2C21H14P.2ClH.Hf/c2*1-2-8-16-14-17(13-15(16)7-1)22-20-11-5-3-9-18(20)19-10-4-6-12-21(19)22;;;/h2*1-14H;2*1H;/q;;;;+2/p-2. The Hall–Kier alpha value is -3.15. The minimum absolute atomic E-state index is 0. The Balaban J connectivity index is 0.00000162. The van der Waals surface area contributed by atoms with E-state index in [0.29, 0.717) is 7.35 Å². The monoisotopic (exact) mass is 844 g/mol. The van der Waals surface area contributed by atoms with Gasteiger partial charge in [0.25, 0.3) is 0 Å². The van der Waals surface area contributed by atoms with Crippen LogP contribution in [0.1, 0.15) is 29.6 Å². The molecule has 0 saturated heterocycles. The van der Waals surface area contributed by atoms with Gasteiger partial charge in [-0.2, -0.15) is 0 Å². The van der Waals surface area contributed by atoms with Crippen LogP contribution in [0.5, 0.6) is 0 Å². The topological polar surface area (TPSA) is 0 Å². The van der Waals surface area contributed by atoms with Gasteiger partial charge in [0.2, 0.25) is 0 Å². The molecule has 224 valence electrons. The van der Waals surface area contributed by atoms with Gasteiger partial charge in [0.15, 0.2) is 0 Å². The van der Waals surface area contributed by atoms with Gasteiger partial charge in [0, 0.05) is 0 Å². The molecule has 2 aliphatic rings. The summed E-state index contributed by atoms with van der Waals surface area (Å²) in [6.07, 6.45) is 5.24. The molecule has 6 aromatic carbocycles. The van der Waals surface area contributed by atoms with Crippen LogP contribution in [0.15, 0.2) is 146 Å². The first-order valence-corrected chi connectivity index (χ1v) is 22.5. The predicted octanol–water partition coefficient (Wildman–Crippen LogP) is 7.17. The van der Waals surface area contributed by atoms with Gasteiger partial charge in [-0.15, -0.1) is 0 Å². The number of halogens is 2. The molecular formula is C42H28Cl2HfP2. The number of hydrogen-bond donors (Lipinski definition) is 0. The molecule has 2 atom stereocenters. The number of benzene rings is 6. The molecule has 10 rings (SSSR count). The van der Waals surface area contributed by atoms with Crippen LogP contribution in [0.4, 0.5) is 0 Å². The van der Waals surface area contributed by atoms with Crippen LogP contribution in [-0.4, -0.2) is 0 Å². The molecule has 5 heteroatoms. The molecule has 0 radical (unpaired) electrons.